The second-order valence-corrected chi connectivity index (χ2v) is 19.7. The van der Waals surface area contributed by atoms with Gasteiger partial charge in [-0.3, -0.25) is 24.1 Å². The molecule has 5 amide bonds. The second-order valence-electron chi connectivity index (χ2n) is 19.7. The van der Waals surface area contributed by atoms with Crippen LogP contribution in [0.5, 0.6) is 0 Å². The van der Waals surface area contributed by atoms with Crippen molar-refractivity contribution in [3.8, 4) is 0 Å². The average molecular weight is 714 g/mol. The van der Waals surface area contributed by atoms with Gasteiger partial charge in [-0.15, -0.1) is 0 Å². The first-order valence-corrected chi connectivity index (χ1v) is 19.5. The van der Waals surface area contributed by atoms with Crippen molar-refractivity contribution < 1.29 is 24.0 Å². The summed E-state index contributed by atoms with van der Waals surface area (Å²) in [7, 11) is 0. The van der Waals surface area contributed by atoms with Crippen LogP contribution < -0.4 is 27.0 Å². The Morgan fingerprint density at radius 1 is 0.863 bits per heavy atom. The number of amides is 5. The van der Waals surface area contributed by atoms with E-state index in [2.05, 4.69) is 74.6 Å². The summed E-state index contributed by atoms with van der Waals surface area (Å²) < 4.78 is 0. The number of piperazine rings is 1. The van der Waals surface area contributed by atoms with Gasteiger partial charge in [0, 0.05) is 49.7 Å². The van der Waals surface area contributed by atoms with E-state index in [1.165, 1.54) is 0 Å². The van der Waals surface area contributed by atoms with Crippen LogP contribution in [-0.4, -0.2) is 102 Å². The number of carbonyl (C=O) groups excluding carboxylic acids is 5. The van der Waals surface area contributed by atoms with Gasteiger partial charge in [0.05, 0.1) is 6.04 Å². The van der Waals surface area contributed by atoms with Crippen LogP contribution in [0.15, 0.2) is 0 Å². The van der Waals surface area contributed by atoms with Crippen LogP contribution in [0.4, 0.5) is 4.79 Å². The zero-order chi connectivity index (χ0) is 37.9. The Labute approximate surface area is 305 Å². The van der Waals surface area contributed by atoms with Gasteiger partial charge in [0.25, 0.3) is 5.91 Å². The molecule has 6 N–H and O–H groups in total. The normalized spacial score (nSPS) is 30.5. The Morgan fingerprint density at radius 2 is 1.47 bits per heavy atom. The van der Waals surface area contributed by atoms with Gasteiger partial charge in [-0.2, -0.15) is 0 Å². The predicted molar refractivity (Wildman–Crippen MR) is 197 cm³/mol. The number of hydrogen-bond donors (Lipinski definition) is 5. The highest BCUT2D eigenvalue weighted by molar-refractivity contribution is 6.37. The molecule has 0 bridgehead atoms. The molecule has 0 aromatic rings. The maximum atomic E-state index is 14.9. The van der Waals surface area contributed by atoms with Crippen LogP contribution >= 0.6 is 0 Å². The van der Waals surface area contributed by atoms with Crippen molar-refractivity contribution in [1.82, 2.24) is 31.1 Å². The smallest absolute Gasteiger partial charge is 0.315 e. The molecule has 2 heterocycles. The zero-order valence-electron chi connectivity index (χ0n) is 33.0. The van der Waals surface area contributed by atoms with E-state index in [-0.39, 0.29) is 39.5 Å². The molecule has 5 rings (SSSR count). The van der Waals surface area contributed by atoms with Gasteiger partial charge in [0.1, 0.15) is 12.1 Å². The van der Waals surface area contributed by atoms with Crippen molar-refractivity contribution in [2.45, 2.75) is 157 Å². The van der Waals surface area contributed by atoms with Crippen molar-refractivity contribution in [2.24, 2.45) is 38.7 Å². The molecule has 0 aromatic heterocycles. The Bertz CT molecular complexity index is 1370. The predicted octanol–water partition coefficient (Wildman–Crippen LogP) is 3.32. The van der Waals surface area contributed by atoms with Crippen LogP contribution in [0.1, 0.15) is 121 Å². The number of nitrogens with one attached hydrogen (secondary N) is 4. The lowest BCUT2D eigenvalue weighted by Gasteiger charge is -2.41. The summed E-state index contributed by atoms with van der Waals surface area (Å²) in [6.07, 6.45) is 7.02. The summed E-state index contributed by atoms with van der Waals surface area (Å²) in [5, 5.41) is 12.7. The molecular weight excluding hydrogens is 646 g/mol. The standard InChI is InChI=1S/C39H67N7O5/c1-23-19-45(20-24(2)41-23)21-28(35(3,4)5)43-34(51)44-30(36(6,7)8)33(50)46-22-39(37(9,10)38(39)15-12-16-38)18-27(46)32(49)42-26(29(47)31(40)48)17-25-13-11-14-25/h23-28,30,41H,11-22H2,1-10H3,(H2,40,48)(H,42,49)(H2,43,44,51)/t23-,24+,26?,27-,28+,30+,39+/m0/s1. The summed E-state index contributed by atoms with van der Waals surface area (Å²) in [5.74, 6) is -2.35. The lowest BCUT2D eigenvalue weighted by Crippen LogP contribution is -2.63. The van der Waals surface area contributed by atoms with Crippen molar-refractivity contribution in [2.75, 3.05) is 26.2 Å². The minimum atomic E-state index is -1.07. The third-order valence-corrected chi connectivity index (χ3v) is 13.9. The van der Waals surface area contributed by atoms with Gasteiger partial charge in [0.15, 0.2) is 0 Å². The quantitative estimate of drug-likeness (QED) is 0.205. The highest BCUT2D eigenvalue weighted by Gasteiger charge is 2.85. The van der Waals surface area contributed by atoms with Gasteiger partial charge < -0.3 is 31.9 Å². The molecule has 0 radical (unpaired) electrons. The van der Waals surface area contributed by atoms with E-state index in [0.717, 1.165) is 51.6 Å². The van der Waals surface area contributed by atoms with Crippen LogP contribution in [0.2, 0.25) is 0 Å². The molecule has 2 spiro atoms. The van der Waals surface area contributed by atoms with Crippen LogP contribution in [0, 0.1) is 33.0 Å². The number of nitrogens with two attached hydrogens (primary N) is 1. The molecule has 0 aromatic carbocycles. The monoisotopic (exact) mass is 714 g/mol. The largest absolute Gasteiger partial charge is 0.363 e. The molecule has 5 fully saturated rings. The highest BCUT2D eigenvalue weighted by Crippen LogP contribution is 2.88. The van der Waals surface area contributed by atoms with Crippen molar-refractivity contribution >= 4 is 29.5 Å². The lowest BCUT2D eigenvalue weighted by atomic mass is 9.73. The molecule has 288 valence electrons. The SMILES string of the molecule is C[C@@H]1CN(C[C@@H](NC(=O)N[C@H](C(=O)N2C[C@]3(C[C@H]2C(=O)NC(CC2CCC2)C(=O)C(N)=O)C(C)(C)C32CCC2)C(C)(C)C)C(C)(C)C)C[C@H](C)N1. The van der Waals surface area contributed by atoms with E-state index in [1.807, 2.05) is 20.8 Å². The van der Waals surface area contributed by atoms with Crippen LogP contribution in [0.25, 0.3) is 0 Å². The summed E-state index contributed by atoms with van der Waals surface area (Å²) in [6.45, 7) is 23.8. The second kappa shape index (κ2) is 13.9. The third kappa shape index (κ3) is 7.42. The fourth-order valence-electron chi connectivity index (χ4n) is 10.3. The fraction of sp³-hybridized carbons (Fsp3) is 0.872. The molecule has 12 nitrogen and oxygen atoms in total. The maximum Gasteiger partial charge on any atom is 0.315 e. The molecule has 2 saturated heterocycles. The molecule has 3 aliphatic carbocycles. The first-order chi connectivity index (χ1) is 23.5. The minimum absolute atomic E-state index is 0.0584. The summed E-state index contributed by atoms with van der Waals surface area (Å²) in [4.78, 5) is 72.1. The first kappa shape index (κ1) is 39.5. The molecule has 51 heavy (non-hydrogen) atoms. The topological polar surface area (TPSA) is 166 Å². The van der Waals surface area contributed by atoms with Gasteiger partial charge in [-0.05, 0) is 67.1 Å². The van der Waals surface area contributed by atoms with Crippen molar-refractivity contribution in [1.29, 1.82) is 0 Å². The molecule has 12 heteroatoms. The van der Waals surface area contributed by atoms with E-state index in [4.69, 9.17) is 5.73 Å². The van der Waals surface area contributed by atoms with Crippen molar-refractivity contribution in [3.63, 3.8) is 0 Å². The maximum absolute atomic E-state index is 14.9. The Morgan fingerprint density at radius 3 is 1.92 bits per heavy atom. The number of rotatable bonds is 11. The van der Waals surface area contributed by atoms with Gasteiger partial charge in [0.2, 0.25) is 17.6 Å². The Hall–Kier alpha value is -2.73. The highest BCUT2D eigenvalue weighted by atomic mass is 16.2. The summed E-state index contributed by atoms with van der Waals surface area (Å²) >= 11 is 0. The van der Waals surface area contributed by atoms with Crippen LogP contribution in [0.3, 0.4) is 0 Å². The van der Waals surface area contributed by atoms with Gasteiger partial charge in [-0.25, -0.2) is 4.79 Å². The summed E-state index contributed by atoms with van der Waals surface area (Å²) in [6, 6.07) is -2.67. The number of ketones is 1. The van der Waals surface area contributed by atoms with Gasteiger partial charge >= 0.3 is 6.03 Å². The zero-order valence-corrected chi connectivity index (χ0v) is 33.0. The molecule has 2 aliphatic heterocycles. The van der Waals surface area contributed by atoms with Crippen molar-refractivity contribution in [3.05, 3.63) is 0 Å². The number of carbonyl (C=O) groups is 5. The minimum Gasteiger partial charge on any atom is -0.363 e. The first-order valence-electron chi connectivity index (χ1n) is 19.5. The molecular formula is C39H67N7O5. The van der Waals surface area contributed by atoms with Crippen LogP contribution in [-0.2, 0) is 19.2 Å². The van der Waals surface area contributed by atoms with E-state index in [0.29, 0.717) is 38.0 Å². The number of primary amides is 1. The molecule has 1 unspecified atom stereocenters. The van der Waals surface area contributed by atoms with E-state index in [1.54, 1.807) is 4.90 Å². The lowest BCUT2D eigenvalue weighted by molar-refractivity contribution is -0.143. The number of Topliss-reactive ketones (excluding diaryl/α,β-unsaturated/α-hetero) is 1. The number of urea groups is 1. The fourth-order valence-corrected chi connectivity index (χ4v) is 10.3. The number of hydrogen-bond acceptors (Lipinski definition) is 7. The van der Waals surface area contributed by atoms with E-state index < -0.39 is 47.2 Å². The number of nitrogens with zero attached hydrogens (tertiary/aromatic N) is 2. The van der Waals surface area contributed by atoms with Gasteiger partial charge in [-0.1, -0.05) is 81.1 Å². The molecule has 3 saturated carbocycles. The number of fused-ring (bicyclic) bond motifs is 1. The summed E-state index contributed by atoms with van der Waals surface area (Å²) in [5.41, 5.74) is 4.26. The molecule has 7 atom stereocenters. The third-order valence-electron chi connectivity index (χ3n) is 13.9. The average Bonchev–Trinajstić information content (AvgIpc) is 3.18. The Balaban J connectivity index is 1.38. The molecule has 5 aliphatic rings. The number of likely N-dealkylation sites (tertiary alicyclic amines) is 1. The van der Waals surface area contributed by atoms with E-state index >= 15 is 0 Å². The van der Waals surface area contributed by atoms with E-state index in [9.17, 15) is 24.0 Å². The Kier molecular flexibility index (Phi) is 10.8.